The number of aryl methyl sites for hydroxylation is 1. The highest BCUT2D eigenvalue weighted by molar-refractivity contribution is 6.00. The van der Waals surface area contributed by atoms with E-state index in [9.17, 15) is 4.79 Å². The van der Waals surface area contributed by atoms with Crippen LogP contribution in [-0.2, 0) is 0 Å². The molecule has 0 radical (unpaired) electrons. The summed E-state index contributed by atoms with van der Waals surface area (Å²) in [7, 11) is 1.76. The molecule has 0 fully saturated rings. The summed E-state index contributed by atoms with van der Waals surface area (Å²) in [6, 6.07) is 17.8. The molecule has 0 saturated carbocycles. The second-order valence-corrected chi connectivity index (χ2v) is 7.49. The molecule has 2 aromatic heterocycles. The summed E-state index contributed by atoms with van der Waals surface area (Å²) < 4.78 is 11.6. The number of aromatic nitrogens is 3. The first-order valence-electron chi connectivity index (χ1n) is 11.1. The van der Waals surface area contributed by atoms with Crippen LogP contribution in [-0.4, -0.2) is 34.6 Å². The van der Waals surface area contributed by atoms with Crippen molar-refractivity contribution in [2.75, 3.05) is 29.6 Å². The standard InChI is InChI=1S/C26H26N6O3/c1-4-34-20-8-5-7-18(16-20)30-26(33)31-19-10-11-23(17(2)15-19)35-24-21(9-6-13-28-24)22-12-14-29-25(27-3)32-22/h5-16H,4H2,1-3H3,(H,27,29,32)(H2,30,31,33). The Balaban J connectivity index is 1.47. The van der Waals surface area contributed by atoms with Crippen LogP contribution in [0.4, 0.5) is 22.1 Å². The molecular weight excluding hydrogens is 444 g/mol. The lowest BCUT2D eigenvalue weighted by Crippen LogP contribution is -2.19. The Bertz CT molecular complexity index is 1330. The zero-order valence-electron chi connectivity index (χ0n) is 19.7. The third-order valence-electron chi connectivity index (χ3n) is 4.97. The fraction of sp³-hybridized carbons (Fsp3) is 0.154. The summed E-state index contributed by atoms with van der Waals surface area (Å²) in [5, 5.41) is 8.58. The molecule has 0 bridgehead atoms. The van der Waals surface area contributed by atoms with Gasteiger partial charge in [-0.05, 0) is 67.9 Å². The number of carbonyl (C=O) groups excluding carboxylic acids is 1. The molecule has 9 nitrogen and oxygen atoms in total. The van der Waals surface area contributed by atoms with E-state index in [0.29, 0.717) is 47.0 Å². The number of ether oxygens (including phenoxy) is 2. The quantitative estimate of drug-likeness (QED) is 0.302. The minimum absolute atomic E-state index is 0.358. The molecule has 4 rings (SSSR count). The van der Waals surface area contributed by atoms with Crippen LogP contribution in [0.3, 0.4) is 0 Å². The first kappa shape index (κ1) is 23.5. The molecule has 0 aliphatic rings. The van der Waals surface area contributed by atoms with E-state index in [0.717, 1.165) is 11.1 Å². The monoisotopic (exact) mass is 470 g/mol. The summed E-state index contributed by atoms with van der Waals surface area (Å²) in [6.45, 7) is 4.36. The molecule has 4 aromatic rings. The lowest BCUT2D eigenvalue weighted by Gasteiger charge is -2.14. The summed E-state index contributed by atoms with van der Waals surface area (Å²) in [6.07, 6.45) is 3.34. The van der Waals surface area contributed by atoms with Crippen molar-refractivity contribution in [1.82, 2.24) is 15.0 Å². The highest BCUT2D eigenvalue weighted by atomic mass is 16.5. The normalized spacial score (nSPS) is 10.4. The Morgan fingerprint density at radius 1 is 0.943 bits per heavy atom. The summed E-state index contributed by atoms with van der Waals surface area (Å²) in [4.78, 5) is 25.5. The SMILES string of the molecule is CCOc1cccc(NC(=O)Nc2ccc(Oc3ncccc3-c3ccnc(NC)n3)c(C)c2)c1. The molecule has 2 heterocycles. The van der Waals surface area contributed by atoms with Crippen LogP contribution in [0.1, 0.15) is 12.5 Å². The molecular formula is C26H26N6O3. The number of amides is 2. The van der Waals surface area contributed by atoms with Gasteiger partial charge in [-0.1, -0.05) is 6.07 Å². The number of carbonyl (C=O) groups is 1. The molecule has 9 heteroatoms. The van der Waals surface area contributed by atoms with Crippen molar-refractivity contribution in [2.24, 2.45) is 0 Å². The maximum atomic E-state index is 12.5. The number of hydrogen-bond donors (Lipinski definition) is 3. The Morgan fingerprint density at radius 2 is 1.77 bits per heavy atom. The zero-order valence-corrected chi connectivity index (χ0v) is 19.7. The number of anilines is 3. The van der Waals surface area contributed by atoms with Gasteiger partial charge in [0, 0.05) is 36.9 Å². The van der Waals surface area contributed by atoms with E-state index >= 15 is 0 Å². The maximum Gasteiger partial charge on any atom is 0.323 e. The van der Waals surface area contributed by atoms with Crippen LogP contribution in [0.5, 0.6) is 17.4 Å². The largest absolute Gasteiger partial charge is 0.494 e. The highest BCUT2D eigenvalue weighted by Crippen LogP contribution is 2.33. The van der Waals surface area contributed by atoms with Gasteiger partial charge in [0.15, 0.2) is 0 Å². The van der Waals surface area contributed by atoms with E-state index in [1.807, 2.05) is 44.2 Å². The summed E-state index contributed by atoms with van der Waals surface area (Å²) in [5.41, 5.74) is 3.52. The molecule has 35 heavy (non-hydrogen) atoms. The second kappa shape index (κ2) is 11.0. The molecule has 0 saturated heterocycles. The van der Waals surface area contributed by atoms with Gasteiger partial charge < -0.3 is 25.4 Å². The number of urea groups is 1. The van der Waals surface area contributed by atoms with Crippen molar-refractivity contribution >= 4 is 23.4 Å². The van der Waals surface area contributed by atoms with Crippen molar-refractivity contribution in [3.63, 3.8) is 0 Å². The Labute approximate surface area is 203 Å². The van der Waals surface area contributed by atoms with Crippen LogP contribution in [0, 0.1) is 6.92 Å². The van der Waals surface area contributed by atoms with Crippen molar-refractivity contribution in [3.05, 3.63) is 78.6 Å². The topological polar surface area (TPSA) is 110 Å². The van der Waals surface area contributed by atoms with Crippen LogP contribution < -0.4 is 25.4 Å². The van der Waals surface area contributed by atoms with Gasteiger partial charge >= 0.3 is 6.03 Å². The Morgan fingerprint density at radius 3 is 2.54 bits per heavy atom. The van der Waals surface area contributed by atoms with E-state index in [1.165, 1.54) is 0 Å². The number of hydrogen-bond acceptors (Lipinski definition) is 7. The van der Waals surface area contributed by atoms with Gasteiger partial charge in [0.05, 0.1) is 17.9 Å². The van der Waals surface area contributed by atoms with E-state index < -0.39 is 0 Å². The van der Waals surface area contributed by atoms with Crippen molar-refractivity contribution in [1.29, 1.82) is 0 Å². The van der Waals surface area contributed by atoms with E-state index in [-0.39, 0.29) is 6.03 Å². The summed E-state index contributed by atoms with van der Waals surface area (Å²) >= 11 is 0. The van der Waals surface area contributed by atoms with Gasteiger partial charge in [-0.3, -0.25) is 0 Å². The average Bonchev–Trinajstić information content (AvgIpc) is 2.86. The zero-order chi connectivity index (χ0) is 24.6. The number of rotatable bonds is 8. The maximum absolute atomic E-state index is 12.5. The van der Waals surface area contributed by atoms with Gasteiger partial charge in [0.1, 0.15) is 11.5 Å². The van der Waals surface area contributed by atoms with Gasteiger partial charge in [-0.25, -0.2) is 19.7 Å². The molecule has 0 aliphatic heterocycles. The van der Waals surface area contributed by atoms with Gasteiger partial charge in [0.25, 0.3) is 0 Å². The van der Waals surface area contributed by atoms with E-state index in [1.54, 1.807) is 49.8 Å². The van der Waals surface area contributed by atoms with Crippen molar-refractivity contribution in [2.45, 2.75) is 13.8 Å². The van der Waals surface area contributed by atoms with Crippen LogP contribution in [0.15, 0.2) is 73.1 Å². The predicted octanol–water partition coefficient (Wildman–Crippen LogP) is 5.72. The third-order valence-corrected chi connectivity index (χ3v) is 4.97. The van der Waals surface area contributed by atoms with E-state index in [2.05, 4.69) is 30.9 Å². The lowest BCUT2D eigenvalue weighted by molar-refractivity contribution is 0.262. The number of benzene rings is 2. The van der Waals surface area contributed by atoms with Gasteiger partial charge in [0.2, 0.25) is 11.8 Å². The highest BCUT2D eigenvalue weighted by Gasteiger charge is 2.13. The number of pyridine rings is 1. The fourth-order valence-electron chi connectivity index (χ4n) is 3.37. The second-order valence-electron chi connectivity index (χ2n) is 7.49. The first-order valence-corrected chi connectivity index (χ1v) is 11.1. The summed E-state index contributed by atoms with van der Waals surface area (Å²) in [5.74, 6) is 2.24. The first-order chi connectivity index (χ1) is 17.1. The van der Waals surface area contributed by atoms with Crippen LogP contribution in [0.2, 0.25) is 0 Å². The molecule has 0 unspecified atom stereocenters. The van der Waals surface area contributed by atoms with Crippen molar-refractivity contribution in [3.8, 4) is 28.6 Å². The molecule has 0 aliphatic carbocycles. The van der Waals surface area contributed by atoms with Crippen LogP contribution in [0.25, 0.3) is 11.3 Å². The van der Waals surface area contributed by atoms with E-state index in [4.69, 9.17) is 9.47 Å². The predicted molar refractivity (Wildman–Crippen MR) is 136 cm³/mol. The average molecular weight is 471 g/mol. The van der Waals surface area contributed by atoms with Crippen LogP contribution >= 0.6 is 0 Å². The molecule has 2 aromatic carbocycles. The Kier molecular flexibility index (Phi) is 7.37. The molecule has 0 atom stereocenters. The molecule has 2 amide bonds. The lowest BCUT2D eigenvalue weighted by atomic mass is 10.2. The molecule has 0 spiro atoms. The third kappa shape index (κ3) is 6.02. The van der Waals surface area contributed by atoms with Crippen molar-refractivity contribution < 1.29 is 14.3 Å². The van der Waals surface area contributed by atoms with Gasteiger partial charge in [-0.15, -0.1) is 0 Å². The fourth-order valence-corrected chi connectivity index (χ4v) is 3.37. The van der Waals surface area contributed by atoms with Gasteiger partial charge in [-0.2, -0.15) is 0 Å². The number of nitrogens with one attached hydrogen (secondary N) is 3. The molecule has 178 valence electrons. The minimum Gasteiger partial charge on any atom is -0.494 e. The number of nitrogens with zero attached hydrogens (tertiary/aromatic N) is 3. The molecule has 3 N–H and O–H groups in total. The smallest absolute Gasteiger partial charge is 0.323 e. The minimum atomic E-state index is -0.358. The Hall–Kier alpha value is -4.66.